The predicted octanol–water partition coefficient (Wildman–Crippen LogP) is 2.07. The molecule has 0 radical (unpaired) electrons. The van der Waals surface area contributed by atoms with Gasteiger partial charge in [0.2, 0.25) is 5.91 Å². The molecule has 0 aliphatic carbocycles. The summed E-state index contributed by atoms with van der Waals surface area (Å²) in [6, 6.07) is 7.83. The fraction of sp³-hybridized carbons (Fsp3) is 0.353. The lowest BCUT2D eigenvalue weighted by Gasteiger charge is -2.32. The molecule has 1 atom stereocenters. The third kappa shape index (κ3) is 3.90. The number of halogens is 1. The van der Waals surface area contributed by atoms with Gasteiger partial charge < -0.3 is 9.64 Å². The number of carbonyl (C=O) groups is 1. The van der Waals surface area contributed by atoms with Crippen molar-refractivity contribution in [1.29, 1.82) is 0 Å². The SMILES string of the molecule is Cc1nccc([C@@H]2CN(C(=O)Cc3ccc(F)cc3)CCO2)n1. The van der Waals surface area contributed by atoms with E-state index in [1.165, 1.54) is 12.1 Å². The average Bonchev–Trinajstić information content (AvgIpc) is 2.57. The van der Waals surface area contributed by atoms with Gasteiger partial charge >= 0.3 is 0 Å². The zero-order valence-electron chi connectivity index (χ0n) is 12.9. The van der Waals surface area contributed by atoms with Crippen molar-refractivity contribution in [3.63, 3.8) is 0 Å². The van der Waals surface area contributed by atoms with Crippen molar-refractivity contribution in [2.45, 2.75) is 19.4 Å². The molecule has 1 aliphatic heterocycles. The van der Waals surface area contributed by atoms with Gasteiger partial charge in [-0.25, -0.2) is 14.4 Å². The van der Waals surface area contributed by atoms with Crippen LogP contribution in [0, 0.1) is 12.7 Å². The first kappa shape index (κ1) is 15.6. The summed E-state index contributed by atoms with van der Waals surface area (Å²) in [5, 5.41) is 0. The second-order valence-electron chi connectivity index (χ2n) is 5.53. The van der Waals surface area contributed by atoms with Crippen molar-refractivity contribution in [2.24, 2.45) is 0 Å². The molecular formula is C17H18FN3O2. The van der Waals surface area contributed by atoms with Crippen LogP contribution in [0.15, 0.2) is 36.5 Å². The smallest absolute Gasteiger partial charge is 0.227 e. The number of morpholine rings is 1. The van der Waals surface area contributed by atoms with Crippen LogP contribution in [0.2, 0.25) is 0 Å². The molecule has 1 fully saturated rings. The van der Waals surface area contributed by atoms with E-state index in [2.05, 4.69) is 9.97 Å². The van der Waals surface area contributed by atoms with Crippen LogP contribution in [0.25, 0.3) is 0 Å². The highest BCUT2D eigenvalue weighted by atomic mass is 19.1. The van der Waals surface area contributed by atoms with E-state index < -0.39 is 0 Å². The molecule has 1 amide bonds. The topological polar surface area (TPSA) is 55.3 Å². The highest BCUT2D eigenvalue weighted by Gasteiger charge is 2.26. The molecule has 6 heteroatoms. The standard InChI is InChI=1S/C17H18FN3O2/c1-12-19-7-6-15(20-12)16-11-21(8-9-23-16)17(22)10-13-2-4-14(18)5-3-13/h2-7,16H,8-11H2,1H3/t16-/m0/s1. The molecule has 5 nitrogen and oxygen atoms in total. The number of nitrogens with zero attached hydrogens (tertiary/aromatic N) is 3. The van der Waals surface area contributed by atoms with E-state index in [1.54, 1.807) is 23.2 Å². The van der Waals surface area contributed by atoms with Gasteiger partial charge in [-0.2, -0.15) is 0 Å². The number of carbonyl (C=O) groups excluding carboxylic acids is 1. The molecule has 0 unspecified atom stereocenters. The summed E-state index contributed by atoms with van der Waals surface area (Å²) in [6.45, 7) is 3.32. The summed E-state index contributed by atoms with van der Waals surface area (Å²) in [5.74, 6) is 0.392. The quantitative estimate of drug-likeness (QED) is 0.870. The number of rotatable bonds is 3. The Kier molecular flexibility index (Phi) is 4.62. The van der Waals surface area contributed by atoms with Crippen molar-refractivity contribution >= 4 is 5.91 Å². The van der Waals surface area contributed by atoms with Gasteiger partial charge in [-0.15, -0.1) is 0 Å². The van der Waals surface area contributed by atoms with Crippen molar-refractivity contribution in [1.82, 2.24) is 14.9 Å². The summed E-state index contributed by atoms with van der Waals surface area (Å²) >= 11 is 0. The third-order valence-corrected chi connectivity index (χ3v) is 3.82. The second kappa shape index (κ2) is 6.83. The Morgan fingerprint density at radius 1 is 1.35 bits per heavy atom. The van der Waals surface area contributed by atoms with Gasteiger partial charge in [-0.05, 0) is 30.7 Å². The fourth-order valence-corrected chi connectivity index (χ4v) is 2.60. The van der Waals surface area contributed by atoms with Crippen LogP contribution < -0.4 is 0 Å². The Morgan fingerprint density at radius 2 is 2.13 bits per heavy atom. The number of hydrogen-bond donors (Lipinski definition) is 0. The number of aromatic nitrogens is 2. The Labute approximate surface area is 134 Å². The number of benzene rings is 1. The summed E-state index contributed by atoms with van der Waals surface area (Å²) in [4.78, 5) is 22.7. The molecule has 3 rings (SSSR count). The summed E-state index contributed by atoms with van der Waals surface area (Å²) in [7, 11) is 0. The van der Waals surface area contributed by atoms with Crippen LogP contribution in [0.3, 0.4) is 0 Å². The maximum Gasteiger partial charge on any atom is 0.227 e. The van der Waals surface area contributed by atoms with E-state index in [0.717, 1.165) is 11.3 Å². The molecule has 0 spiro atoms. The van der Waals surface area contributed by atoms with Gasteiger partial charge in [0.15, 0.2) is 0 Å². The van der Waals surface area contributed by atoms with Gasteiger partial charge in [0.05, 0.1) is 25.3 Å². The minimum absolute atomic E-state index is 0.00989. The van der Waals surface area contributed by atoms with Gasteiger partial charge in [-0.3, -0.25) is 4.79 Å². The normalized spacial score (nSPS) is 18.0. The zero-order valence-corrected chi connectivity index (χ0v) is 12.9. The minimum Gasteiger partial charge on any atom is -0.368 e. The number of hydrogen-bond acceptors (Lipinski definition) is 4. The van der Waals surface area contributed by atoms with Crippen LogP contribution in [0.5, 0.6) is 0 Å². The van der Waals surface area contributed by atoms with Crippen LogP contribution in [0.4, 0.5) is 4.39 Å². The molecular weight excluding hydrogens is 297 g/mol. The van der Waals surface area contributed by atoms with Gasteiger partial charge in [0.1, 0.15) is 17.7 Å². The zero-order chi connectivity index (χ0) is 16.2. The minimum atomic E-state index is -0.299. The van der Waals surface area contributed by atoms with Crippen molar-refractivity contribution in [3.05, 3.63) is 59.4 Å². The Morgan fingerprint density at radius 3 is 2.87 bits per heavy atom. The lowest BCUT2D eigenvalue weighted by molar-refractivity contribution is -0.138. The van der Waals surface area contributed by atoms with Crippen LogP contribution in [-0.4, -0.2) is 40.5 Å². The molecule has 120 valence electrons. The Bertz CT molecular complexity index is 690. The summed E-state index contributed by atoms with van der Waals surface area (Å²) in [6.07, 6.45) is 1.72. The molecule has 0 N–H and O–H groups in total. The van der Waals surface area contributed by atoms with Crippen molar-refractivity contribution < 1.29 is 13.9 Å². The molecule has 2 aromatic rings. The summed E-state index contributed by atoms with van der Waals surface area (Å²) in [5.41, 5.74) is 1.59. The maximum absolute atomic E-state index is 12.9. The van der Waals surface area contributed by atoms with E-state index in [9.17, 15) is 9.18 Å². The largest absolute Gasteiger partial charge is 0.368 e. The van der Waals surface area contributed by atoms with Crippen molar-refractivity contribution in [3.8, 4) is 0 Å². The van der Waals surface area contributed by atoms with E-state index >= 15 is 0 Å². The number of amides is 1. The Hall–Kier alpha value is -2.34. The van der Waals surface area contributed by atoms with Crippen LogP contribution in [-0.2, 0) is 16.0 Å². The molecule has 1 aromatic heterocycles. The van der Waals surface area contributed by atoms with E-state index in [-0.39, 0.29) is 24.2 Å². The van der Waals surface area contributed by atoms with E-state index in [4.69, 9.17) is 4.74 Å². The molecule has 1 aromatic carbocycles. The van der Waals surface area contributed by atoms with Gasteiger partial charge in [-0.1, -0.05) is 12.1 Å². The highest BCUT2D eigenvalue weighted by Crippen LogP contribution is 2.21. The molecule has 2 heterocycles. The first-order chi connectivity index (χ1) is 11.1. The molecule has 0 bridgehead atoms. The fourth-order valence-electron chi connectivity index (χ4n) is 2.60. The molecule has 1 aliphatic rings. The first-order valence-electron chi connectivity index (χ1n) is 7.55. The van der Waals surface area contributed by atoms with Crippen LogP contribution >= 0.6 is 0 Å². The Balaban J connectivity index is 1.65. The third-order valence-electron chi connectivity index (χ3n) is 3.82. The number of aryl methyl sites for hydroxylation is 1. The van der Waals surface area contributed by atoms with Gasteiger partial charge in [0, 0.05) is 12.7 Å². The van der Waals surface area contributed by atoms with Gasteiger partial charge in [0.25, 0.3) is 0 Å². The maximum atomic E-state index is 12.9. The summed E-state index contributed by atoms with van der Waals surface area (Å²) < 4.78 is 18.7. The average molecular weight is 315 g/mol. The van der Waals surface area contributed by atoms with Crippen LogP contribution in [0.1, 0.15) is 23.2 Å². The monoisotopic (exact) mass is 315 g/mol. The van der Waals surface area contributed by atoms with E-state index in [1.807, 2.05) is 13.0 Å². The molecule has 0 saturated carbocycles. The van der Waals surface area contributed by atoms with E-state index in [0.29, 0.717) is 25.5 Å². The molecule has 1 saturated heterocycles. The lowest BCUT2D eigenvalue weighted by Crippen LogP contribution is -2.43. The predicted molar refractivity (Wildman–Crippen MR) is 82.1 cm³/mol. The number of ether oxygens (including phenoxy) is 1. The highest BCUT2D eigenvalue weighted by molar-refractivity contribution is 5.78. The first-order valence-corrected chi connectivity index (χ1v) is 7.55. The second-order valence-corrected chi connectivity index (χ2v) is 5.53. The molecule has 23 heavy (non-hydrogen) atoms. The lowest BCUT2D eigenvalue weighted by atomic mass is 10.1. The van der Waals surface area contributed by atoms with Crippen molar-refractivity contribution in [2.75, 3.05) is 19.7 Å².